The van der Waals surface area contributed by atoms with Crippen LogP contribution in [-0.2, 0) is 0 Å². The first-order valence-corrected chi connectivity index (χ1v) is 4.84. The molecule has 0 saturated carbocycles. The molecule has 0 aliphatic carbocycles. The van der Waals surface area contributed by atoms with E-state index in [9.17, 15) is 14.3 Å². The number of hydrogen-bond acceptors (Lipinski definition) is 3. The van der Waals surface area contributed by atoms with Crippen LogP contribution in [0.2, 0.25) is 0 Å². The zero-order valence-corrected chi connectivity index (χ0v) is 10.4. The molecule has 0 saturated heterocycles. The van der Waals surface area contributed by atoms with Gasteiger partial charge in [0.15, 0.2) is 0 Å². The summed E-state index contributed by atoms with van der Waals surface area (Å²) in [4.78, 5) is 10.7. The summed E-state index contributed by atoms with van der Waals surface area (Å²) in [6.07, 6.45) is 0. The van der Waals surface area contributed by atoms with E-state index in [1.54, 1.807) is 0 Å². The van der Waals surface area contributed by atoms with Crippen molar-refractivity contribution >= 4 is 34.3 Å². The lowest BCUT2D eigenvalue weighted by molar-refractivity contribution is 0.0693. The highest BCUT2D eigenvalue weighted by Crippen LogP contribution is 2.31. The van der Waals surface area contributed by atoms with Crippen LogP contribution in [0.5, 0.6) is 5.75 Å². The second-order valence-electron chi connectivity index (χ2n) is 2.96. The number of phenols is 1. The molecule has 1 rings (SSSR count). The van der Waals surface area contributed by atoms with E-state index < -0.39 is 24.4 Å². The van der Waals surface area contributed by atoms with Crippen molar-refractivity contribution in [3.63, 3.8) is 0 Å². The Morgan fingerprint density at radius 1 is 1.56 bits per heavy atom. The summed E-state index contributed by atoms with van der Waals surface area (Å²) in [5, 5.41) is 18.3. The lowest BCUT2D eigenvalue weighted by Gasteiger charge is -2.12. The predicted molar refractivity (Wildman–Crippen MR) is 62.9 cm³/mol. The second-order valence-corrected chi connectivity index (χ2v) is 3.87. The van der Waals surface area contributed by atoms with Gasteiger partial charge in [0.2, 0.25) is 0 Å². The number of halogens is 3. The minimum atomic E-state index is -1.29. The van der Waals surface area contributed by atoms with Gasteiger partial charge in [-0.1, -0.05) is 15.9 Å². The van der Waals surface area contributed by atoms with Crippen LogP contribution in [0.4, 0.5) is 4.39 Å². The summed E-state index contributed by atoms with van der Waals surface area (Å²) in [6, 6.07) is 1.60. The smallest absolute Gasteiger partial charge is 0.339 e. The third kappa shape index (κ3) is 3.07. The Kier molecular flexibility index (Phi) is 5.71. The van der Waals surface area contributed by atoms with Crippen LogP contribution in [0.25, 0.3) is 0 Å². The molecule has 0 spiro atoms. The molecule has 16 heavy (non-hydrogen) atoms. The first-order chi connectivity index (χ1) is 6.97. The SMILES string of the molecule is Cl.N[C@@H](CF)c1cc(Br)cc(C(=O)O)c1O. The standard InChI is InChI=1S/C9H9BrFNO3.ClH/c10-4-1-5(7(12)3-11)8(13)6(2-4)9(14)15;/h1-2,7,13H,3,12H2,(H,14,15);1H/t7-;/m0./s1. The Hall–Kier alpha value is -0.850. The maximum absolute atomic E-state index is 12.3. The zero-order valence-electron chi connectivity index (χ0n) is 7.98. The van der Waals surface area contributed by atoms with E-state index in [4.69, 9.17) is 10.8 Å². The highest BCUT2D eigenvalue weighted by molar-refractivity contribution is 9.10. The van der Waals surface area contributed by atoms with E-state index >= 15 is 0 Å². The molecule has 0 aliphatic rings. The van der Waals surface area contributed by atoms with E-state index in [0.29, 0.717) is 4.47 Å². The number of hydrogen-bond donors (Lipinski definition) is 3. The number of benzene rings is 1. The molecule has 0 unspecified atom stereocenters. The molecule has 7 heteroatoms. The monoisotopic (exact) mass is 313 g/mol. The number of rotatable bonds is 3. The molecule has 4 N–H and O–H groups in total. The summed E-state index contributed by atoms with van der Waals surface area (Å²) >= 11 is 3.06. The Balaban J connectivity index is 0.00000225. The second kappa shape index (κ2) is 6.03. The van der Waals surface area contributed by atoms with E-state index in [0.717, 1.165) is 0 Å². The van der Waals surface area contributed by atoms with Gasteiger partial charge in [-0.2, -0.15) is 0 Å². The number of alkyl halides is 1. The highest BCUT2D eigenvalue weighted by Gasteiger charge is 2.18. The summed E-state index contributed by atoms with van der Waals surface area (Å²) in [5.74, 6) is -1.78. The Labute approximate surface area is 106 Å². The number of carboxylic acids is 1. The summed E-state index contributed by atoms with van der Waals surface area (Å²) < 4.78 is 12.7. The average Bonchev–Trinajstić information content (AvgIpc) is 2.19. The maximum atomic E-state index is 12.3. The molecule has 0 aliphatic heterocycles. The van der Waals surface area contributed by atoms with E-state index in [1.165, 1.54) is 12.1 Å². The van der Waals surface area contributed by atoms with Gasteiger partial charge in [0, 0.05) is 10.0 Å². The molecular formula is C9H10BrClFNO3. The average molecular weight is 315 g/mol. The third-order valence-electron chi connectivity index (χ3n) is 1.90. The zero-order chi connectivity index (χ0) is 11.6. The van der Waals surface area contributed by atoms with Gasteiger partial charge >= 0.3 is 5.97 Å². The molecule has 0 aromatic heterocycles. The molecule has 0 heterocycles. The van der Waals surface area contributed by atoms with Gasteiger partial charge in [-0.3, -0.25) is 0 Å². The summed E-state index contributed by atoms with van der Waals surface area (Å²) in [6.45, 7) is -0.872. The Morgan fingerprint density at radius 3 is 2.56 bits per heavy atom. The van der Waals surface area contributed by atoms with Gasteiger partial charge in [-0.15, -0.1) is 12.4 Å². The number of aromatic hydroxyl groups is 1. The molecule has 0 bridgehead atoms. The van der Waals surface area contributed by atoms with Crippen LogP contribution in [0.3, 0.4) is 0 Å². The Bertz CT molecular complexity index is 403. The highest BCUT2D eigenvalue weighted by atomic mass is 79.9. The van der Waals surface area contributed by atoms with Gasteiger partial charge in [0.25, 0.3) is 0 Å². The van der Waals surface area contributed by atoms with E-state index in [2.05, 4.69) is 15.9 Å². The van der Waals surface area contributed by atoms with Crippen LogP contribution in [0.15, 0.2) is 16.6 Å². The molecule has 0 fully saturated rings. The molecule has 1 aromatic carbocycles. The lowest BCUT2D eigenvalue weighted by atomic mass is 10.0. The fraction of sp³-hybridized carbons (Fsp3) is 0.222. The molecule has 0 amide bonds. The van der Waals surface area contributed by atoms with Crippen molar-refractivity contribution in [1.29, 1.82) is 0 Å². The normalized spacial score (nSPS) is 11.7. The number of aromatic carboxylic acids is 1. The maximum Gasteiger partial charge on any atom is 0.339 e. The predicted octanol–water partition coefficient (Wildman–Crippen LogP) is 2.24. The van der Waals surface area contributed by atoms with Crippen LogP contribution in [-0.4, -0.2) is 22.9 Å². The van der Waals surface area contributed by atoms with E-state index in [1.807, 2.05) is 0 Å². The van der Waals surface area contributed by atoms with Gasteiger partial charge in [0.1, 0.15) is 18.0 Å². The number of carbonyl (C=O) groups is 1. The topological polar surface area (TPSA) is 83.6 Å². The lowest BCUT2D eigenvalue weighted by Crippen LogP contribution is -2.13. The van der Waals surface area contributed by atoms with Crippen molar-refractivity contribution < 1.29 is 19.4 Å². The summed E-state index contributed by atoms with van der Waals surface area (Å²) in [7, 11) is 0. The minimum absolute atomic E-state index is 0. The van der Waals surface area contributed by atoms with Crippen LogP contribution in [0, 0.1) is 0 Å². The molecular weight excluding hydrogens is 304 g/mol. The first-order valence-electron chi connectivity index (χ1n) is 4.04. The van der Waals surface area contributed by atoms with Gasteiger partial charge in [-0.25, -0.2) is 9.18 Å². The van der Waals surface area contributed by atoms with Crippen LogP contribution in [0.1, 0.15) is 22.0 Å². The minimum Gasteiger partial charge on any atom is -0.507 e. The van der Waals surface area contributed by atoms with Gasteiger partial charge in [-0.05, 0) is 12.1 Å². The Morgan fingerprint density at radius 2 is 2.12 bits per heavy atom. The molecule has 0 radical (unpaired) electrons. The van der Waals surface area contributed by atoms with Crippen molar-refractivity contribution in [2.75, 3.05) is 6.67 Å². The summed E-state index contributed by atoms with van der Waals surface area (Å²) in [5.41, 5.74) is 5.16. The van der Waals surface area contributed by atoms with Crippen molar-refractivity contribution in [1.82, 2.24) is 0 Å². The molecule has 4 nitrogen and oxygen atoms in total. The van der Waals surface area contributed by atoms with Gasteiger partial charge < -0.3 is 15.9 Å². The fourth-order valence-corrected chi connectivity index (χ4v) is 1.62. The first kappa shape index (κ1) is 15.2. The number of carboxylic acid groups (broad SMARTS) is 1. The van der Waals surface area contributed by atoms with E-state index in [-0.39, 0.29) is 23.5 Å². The van der Waals surface area contributed by atoms with Gasteiger partial charge in [0.05, 0.1) is 6.04 Å². The van der Waals surface area contributed by atoms with Crippen LogP contribution >= 0.6 is 28.3 Å². The molecule has 90 valence electrons. The molecule has 1 atom stereocenters. The largest absolute Gasteiger partial charge is 0.507 e. The third-order valence-corrected chi connectivity index (χ3v) is 2.36. The van der Waals surface area contributed by atoms with Crippen molar-refractivity contribution in [3.05, 3.63) is 27.7 Å². The van der Waals surface area contributed by atoms with Crippen molar-refractivity contribution in [2.45, 2.75) is 6.04 Å². The van der Waals surface area contributed by atoms with Crippen LogP contribution < -0.4 is 5.73 Å². The quantitative estimate of drug-likeness (QED) is 0.799. The van der Waals surface area contributed by atoms with Crippen molar-refractivity contribution in [2.24, 2.45) is 5.73 Å². The number of nitrogens with two attached hydrogens (primary N) is 1. The van der Waals surface area contributed by atoms with Crippen molar-refractivity contribution in [3.8, 4) is 5.75 Å². The fourth-order valence-electron chi connectivity index (χ4n) is 1.15. The molecule has 1 aromatic rings.